The van der Waals surface area contributed by atoms with E-state index in [4.69, 9.17) is 0 Å². The molecule has 0 heterocycles. The molecule has 1 rings (SSSR count). The van der Waals surface area contributed by atoms with E-state index in [0.717, 1.165) is 18.4 Å². The second-order valence-electron chi connectivity index (χ2n) is 4.81. The number of carbonyl (C=O) groups is 1. The van der Waals surface area contributed by atoms with Gasteiger partial charge in [0.05, 0.1) is 0 Å². The van der Waals surface area contributed by atoms with Crippen LogP contribution < -0.4 is 0 Å². The monoisotopic (exact) mass is 204 g/mol. The van der Waals surface area contributed by atoms with Crippen LogP contribution in [0.1, 0.15) is 50.4 Å². The summed E-state index contributed by atoms with van der Waals surface area (Å²) >= 11 is 0. The summed E-state index contributed by atoms with van der Waals surface area (Å²) < 4.78 is 0. The molecular formula is C14H20O. The van der Waals surface area contributed by atoms with E-state index in [-0.39, 0.29) is 11.2 Å². The van der Waals surface area contributed by atoms with Gasteiger partial charge >= 0.3 is 0 Å². The van der Waals surface area contributed by atoms with E-state index in [1.54, 1.807) is 0 Å². The zero-order valence-electron chi connectivity index (χ0n) is 9.92. The average molecular weight is 204 g/mol. The van der Waals surface area contributed by atoms with Crippen LogP contribution in [0.2, 0.25) is 0 Å². The smallest absolute Gasteiger partial charge is 0.162 e. The molecule has 0 aliphatic rings. The van der Waals surface area contributed by atoms with Crippen LogP contribution in [0.25, 0.3) is 0 Å². The number of hydrogen-bond donors (Lipinski definition) is 0. The Balaban J connectivity index is 2.51. The summed E-state index contributed by atoms with van der Waals surface area (Å²) in [6.07, 6.45) is 2.75. The summed E-state index contributed by atoms with van der Waals surface area (Å²) in [5, 5.41) is 0. The van der Waals surface area contributed by atoms with E-state index in [1.807, 2.05) is 30.3 Å². The van der Waals surface area contributed by atoms with E-state index in [0.29, 0.717) is 6.42 Å². The van der Waals surface area contributed by atoms with Crippen molar-refractivity contribution in [1.29, 1.82) is 0 Å². The molecule has 1 heteroatoms. The number of benzene rings is 1. The van der Waals surface area contributed by atoms with Crippen LogP contribution in [0.15, 0.2) is 30.3 Å². The molecule has 0 fully saturated rings. The molecule has 0 amide bonds. The van der Waals surface area contributed by atoms with Gasteiger partial charge in [0.25, 0.3) is 0 Å². The number of rotatable bonds is 5. The average Bonchev–Trinajstić information content (AvgIpc) is 2.27. The fourth-order valence-corrected chi connectivity index (χ4v) is 1.40. The summed E-state index contributed by atoms with van der Waals surface area (Å²) in [6, 6.07) is 9.55. The van der Waals surface area contributed by atoms with E-state index in [2.05, 4.69) is 20.8 Å². The molecule has 1 nitrogen and oxygen atoms in total. The third-order valence-electron chi connectivity index (χ3n) is 3.08. The highest BCUT2D eigenvalue weighted by molar-refractivity contribution is 5.95. The molecule has 0 aromatic heterocycles. The van der Waals surface area contributed by atoms with Crippen LogP contribution in [0.3, 0.4) is 0 Å². The number of Topliss-reactive ketones (excluding diaryl/α,β-unsaturated/α-hetero) is 1. The van der Waals surface area contributed by atoms with Gasteiger partial charge in [-0.05, 0) is 11.8 Å². The third-order valence-corrected chi connectivity index (χ3v) is 3.08. The molecule has 0 spiro atoms. The zero-order valence-corrected chi connectivity index (χ0v) is 9.92. The molecule has 82 valence electrons. The fraction of sp³-hybridized carbons (Fsp3) is 0.500. The van der Waals surface area contributed by atoms with Crippen LogP contribution in [-0.4, -0.2) is 5.78 Å². The molecule has 0 bridgehead atoms. The molecule has 1 aromatic rings. The standard InChI is InChI=1S/C14H20O/c1-4-14(2,3)11-10-13(15)12-8-6-5-7-9-12/h5-9H,4,10-11H2,1-3H3. The molecule has 0 aliphatic carbocycles. The van der Waals surface area contributed by atoms with Gasteiger partial charge in [-0.15, -0.1) is 0 Å². The molecule has 0 radical (unpaired) electrons. The Hall–Kier alpha value is -1.11. The van der Waals surface area contributed by atoms with Crippen molar-refractivity contribution in [2.24, 2.45) is 5.41 Å². The molecule has 1 aromatic carbocycles. The predicted molar refractivity (Wildman–Crippen MR) is 64.1 cm³/mol. The first-order valence-corrected chi connectivity index (χ1v) is 5.63. The second kappa shape index (κ2) is 5.11. The number of hydrogen-bond acceptors (Lipinski definition) is 1. The largest absolute Gasteiger partial charge is 0.294 e. The van der Waals surface area contributed by atoms with Gasteiger partial charge < -0.3 is 0 Å². The van der Waals surface area contributed by atoms with Gasteiger partial charge in [-0.3, -0.25) is 4.79 Å². The Labute approximate surface area is 92.5 Å². The molecule has 0 saturated carbocycles. The van der Waals surface area contributed by atoms with Gasteiger partial charge in [-0.25, -0.2) is 0 Å². The summed E-state index contributed by atoms with van der Waals surface area (Å²) in [5.41, 5.74) is 1.12. The van der Waals surface area contributed by atoms with Crippen molar-refractivity contribution in [1.82, 2.24) is 0 Å². The molecule has 0 saturated heterocycles. The Bertz CT molecular complexity index is 311. The van der Waals surface area contributed by atoms with Crippen LogP contribution in [-0.2, 0) is 0 Å². The van der Waals surface area contributed by atoms with Crippen LogP contribution in [0.5, 0.6) is 0 Å². The van der Waals surface area contributed by atoms with E-state index >= 15 is 0 Å². The Morgan fingerprint density at radius 3 is 2.33 bits per heavy atom. The minimum absolute atomic E-state index is 0.261. The SMILES string of the molecule is CCC(C)(C)CCC(=O)c1ccccc1. The minimum Gasteiger partial charge on any atom is -0.294 e. The Kier molecular flexibility index (Phi) is 4.07. The van der Waals surface area contributed by atoms with Crippen LogP contribution in [0.4, 0.5) is 0 Å². The predicted octanol–water partition coefficient (Wildman–Crippen LogP) is 4.09. The first-order chi connectivity index (χ1) is 7.05. The highest BCUT2D eigenvalue weighted by Gasteiger charge is 2.17. The van der Waals surface area contributed by atoms with Crippen molar-refractivity contribution in [3.8, 4) is 0 Å². The highest BCUT2D eigenvalue weighted by atomic mass is 16.1. The highest BCUT2D eigenvalue weighted by Crippen LogP contribution is 2.26. The van der Waals surface area contributed by atoms with Gasteiger partial charge in [0.15, 0.2) is 5.78 Å². The van der Waals surface area contributed by atoms with Crippen molar-refractivity contribution >= 4 is 5.78 Å². The van der Waals surface area contributed by atoms with Crippen molar-refractivity contribution in [3.05, 3.63) is 35.9 Å². The lowest BCUT2D eigenvalue weighted by Crippen LogP contribution is -2.12. The minimum atomic E-state index is 0.261. The maximum Gasteiger partial charge on any atom is 0.162 e. The summed E-state index contributed by atoms with van der Waals surface area (Å²) in [4.78, 5) is 11.8. The summed E-state index contributed by atoms with van der Waals surface area (Å²) in [7, 11) is 0. The lowest BCUT2D eigenvalue weighted by Gasteiger charge is -2.21. The molecule has 0 atom stereocenters. The fourth-order valence-electron chi connectivity index (χ4n) is 1.40. The quantitative estimate of drug-likeness (QED) is 0.660. The Morgan fingerprint density at radius 1 is 1.20 bits per heavy atom. The molecule has 0 N–H and O–H groups in total. The molecule has 0 aliphatic heterocycles. The van der Waals surface area contributed by atoms with E-state index < -0.39 is 0 Å². The lowest BCUT2D eigenvalue weighted by atomic mass is 9.84. The van der Waals surface area contributed by atoms with Crippen molar-refractivity contribution in [2.45, 2.75) is 40.0 Å². The van der Waals surface area contributed by atoms with E-state index in [9.17, 15) is 4.79 Å². The topological polar surface area (TPSA) is 17.1 Å². The third kappa shape index (κ3) is 3.86. The van der Waals surface area contributed by atoms with Crippen molar-refractivity contribution in [3.63, 3.8) is 0 Å². The van der Waals surface area contributed by atoms with Gasteiger partial charge in [-0.2, -0.15) is 0 Å². The van der Waals surface area contributed by atoms with Crippen LogP contribution in [0, 0.1) is 5.41 Å². The van der Waals surface area contributed by atoms with Gasteiger partial charge in [0.1, 0.15) is 0 Å². The second-order valence-corrected chi connectivity index (χ2v) is 4.81. The maximum absolute atomic E-state index is 11.8. The number of carbonyl (C=O) groups excluding carboxylic acids is 1. The lowest BCUT2D eigenvalue weighted by molar-refractivity contribution is 0.0962. The number of ketones is 1. The Morgan fingerprint density at radius 2 is 1.80 bits per heavy atom. The summed E-state index contributed by atoms with van der Waals surface area (Å²) in [6.45, 7) is 6.60. The summed E-state index contributed by atoms with van der Waals surface area (Å²) in [5.74, 6) is 0.261. The van der Waals surface area contributed by atoms with Crippen molar-refractivity contribution in [2.75, 3.05) is 0 Å². The van der Waals surface area contributed by atoms with Gasteiger partial charge in [0.2, 0.25) is 0 Å². The van der Waals surface area contributed by atoms with Crippen molar-refractivity contribution < 1.29 is 4.79 Å². The zero-order chi connectivity index (χ0) is 11.3. The van der Waals surface area contributed by atoms with E-state index in [1.165, 1.54) is 0 Å². The first-order valence-electron chi connectivity index (χ1n) is 5.63. The molecular weight excluding hydrogens is 184 g/mol. The van der Waals surface area contributed by atoms with Gasteiger partial charge in [0, 0.05) is 12.0 Å². The van der Waals surface area contributed by atoms with Gasteiger partial charge in [-0.1, -0.05) is 57.5 Å². The normalized spacial score (nSPS) is 11.4. The van der Waals surface area contributed by atoms with Crippen LogP contribution >= 0.6 is 0 Å². The molecule has 15 heavy (non-hydrogen) atoms. The maximum atomic E-state index is 11.8. The first kappa shape index (κ1) is 12.0. The molecule has 0 unspecified atom stereocenters.